The van der Waals surface area contributed by atoms with Gasteiger partial charge in [0.1, 0.15) is 6.07 Å². The van der Waals surface area contributed by atoms with E-state index in [9.17, 15) is 5.26 Å². The molecule has 1 aromatic rings. The highest BCUT2D eigenvalue weighted by Crippen LogP contribution is 2.30. The molecule has 3 rings (SSSR count). The van der Waals surface area contributed by atoms with Gasteiger partial charge >= 0.3 is 0 Å². The van der Waals surface area contributed by atoms with E-state index in [2.05, 4.69) is 33.3 Å². The van der Waals surface area contributed by atoms with Crippen LogP contribution in [-0.4, -0.2) is 44.7 Å². The summed E-state index contributed by atoms with van der Waals surface area (Å²) in [5.41, 5.74) is 3.08. The highest BCUT2D eigenvalue weighted by atomic mass is 15.3. The molecule has 1 aliphatic heterocycles. The van der Waals surface area contributed by atoms with Gasteiger partial charge in [-0.15, -0.1) is 0 Å². The van der Waals surface area contributed by atoms with E-state index < -0.39 is 0 Å². The van der Waals surface area contributed by atoms with Gasteiger partial charge in [-0.3, -0.25) is 4.90 Å². The molecule has 0 spiro atoms. The van der Waals surface area contributed by atoms with E-state index >= 15 is 0 Å². The van der Waals surface area contributed by atoms with Crippen molar-refractivity contribution < 1.29 is 0 Å². The third kappa shape index (κ3) is 3.55. The molecule has 0 aromatic heterocycles. The van der Waals surface area contributed by atoms with Crippen molar-refractivity contribution in [2.75, 3.05) is 44.7 Å². The standard InChI is InChI=1S/C17H24N4/c1-19-12-15-4-5-17(16(10-15)11-18)21-8-6-20(7-9-21)13-14-2-3-14/h4-5,10,14,19H,2-3,6-9,12-13H2,1H3. The normalized spacial score (nSPS) is 19.5. The fourth-order valence-electron chi connectivity index (χ4n) is 3.10. The van der Waals surface area contributed by atoms with Crippen molar-refractivity contribution >= 4 is 5.69 Å². The Morgan fingerprint density at radius 1 is 1.24 bits per heavy atom. The minimum Gasteiger partial charge on any atom is -0.368 e. The van der Waals surface area contributed by atoms with Crippen molar-refractivity contribution in [3.63, 3.8) is 0 Å². The Bertz CT molecular complexity index is 522. The zero-order valence-electron chi connectivity index (χ0n) is 12.8. The molecule has 0 amide bonds. The lowest BCUT2D eigenvalue weighted by molar-refractivity contribution is 0.248. The quantitative estimate of drug-likeness (QED) is 0.895. The maximum absolute atomic E-state index is 9.41. The summed E-state index contributed by atoms with van der Waals surface area (Å²) in [6, 6.07) is 8.62. The van der Waals surface area contributed by atoms with Crippen LogP contribution in [0.4, 0.5) is 5.69 Å². The lowest BCUT2D eigenvalue weighted by atomic mass is 10.1. The maximum atomic E-state index is 9.41. The highest BCUT2D eigenvalue weighted by Gasteiger charge is 2.26. The number of benzene rings is 1. The van der Waals surface area contributed by atoms with Crippen LogP contribution in [0.3, 0.4) is 0 Å². The van der Waals surface area contributed by atoms with Crippen LogP contribution in [0.2, 0.25) is 0 Å². The Kier molecular flexibility index (Phi) is 4.42. The molecule has 1 saturated heterocycles. The average Bonchev–Trinajstić information content (AvgIpc) is 3.32. The number of nitrogens with zero attached hydrogens (tertiary/aromatic N) is 3. The third-order valence-corrected chi connectivity index (χ3v) is 4.49. The molecule has 4 heteroatoms. The van der Waals surface area contributed by atoms with Crippen molar-refractivity contribution in [2.45, 2.75) is 19.4 Å². The fourth-order valence-corrected chi connectivity index (χ4v) is 3.10. The largest absolute Gasteiger partial charge is 0.368 e. The molecule has 1 aromatic carbocycles. The number of nitrogens with one attached hydrogen (secondary N) is 1. The van der Waals surface area contributed by atoms with Crippen molar-refractivity contribution in [2.24, 2.45) is 5.92 Å². The van der Waals surface area contributed by atoms with Crippen LogP contribution in [-0.2, 0) is 6.54 Å². The van der Waals surface area contributed by atoms with Crippen LogP contribution in [0.15, 0.2) is 18.2 Å². The predicted molar refractivity (Wildman–Crippen MR) is 85.3 cm³/mol. The van der Waals surface area contributed by atoms with Gasteiger partial charge in [-0.2, -0.15) is 5.26 Å². The summed E-state index contributed by atoms with van der Waals surface area (Å²) in [4.78, 5) is 4.95. The number of hydrogen-bond acceptors (Lipinski definition) is 4. The molecule has 2 fully saturated rings. The second-order valence-corrected chi connectivity index (χ2v) is 6.22. The SMILES string of the molecule is CNCc1ccc(N2CCN(CC3CC3)CC2)c(C#N)c1. The van der Waals surface area contributed by atoms with Crippen LogP contribution in [0, 0.1) is 17.2 Å². The number of nitriles is 1. The molecule has 0 atom stereocenters. The molecule has 0 radical (unpaired) electrons. The van der Waals surface area contributed by atoms with Gasteiger partial charge in [-0.25, -0.2) is 0 Å². The summed E-state index contributed by atoms with van der Waals surface area (Å²) < 4.78 is 0. The molecule has 2 aliphatic rings. The second kappa shape index (κ2) is 6.46. The predicted octanol–water partition coefficient (Wildman–Crippen LogP) is 1.81. The van der Waals surface area contributed by atoms with E-state index in [1.807, 2.05) is 13.1 Å². The summed E-state index contributed by atoms with van der Waals surface area (Å²) >= 11 is 0. The summed E-state index contributed by atoms with van der Waals surface area (Å²) in [6.45, 7) is 6.41. The highest BCUT2D eigenvalue weighted by molar-refractivity contribution is 5.60. The Labute approximate surface area is 127 Å². The first-order valence-electron chi connectivity index (χ1n) is 7.95. The number of anilines is 1. The Morgan fingerprint density at radius 2 is 2.00 bits per heavy atom. The number of hydrogen-bond donors (Lipinski definition) is 1. The maximum Gasteiger partial charge on any atom is 0.101 e. The zero-order valence-corrected chi connectivity index (χ0v) is 12.8. The molecule has 4 nitrogen and oxygen atoms in total. The number of piperazine rings is 1. The van der Waals surface area contributed by atoms with Gasteiger partial charge in [-0.1, -0.05) is 6.07 Å². The smallest absolute Gasteiger partial charge is 0.101 e. The van der Waals surface area contributed by atoms with E-state index in [0.29, 0.717) is 0 Å². The van der Waals surface area contributed by atoms with Crippen LogP contribution >= 0.6 is 0 Å². The van der Waals surface area contributed by atoms with E-state index in [4.69, 9.17) is 0 Å². The van der Waals surface area contributed by atoms with Crippen LogP contribution in [0.5, 0.6) is 0 Å². The van der Waals surface area contributed by atoms with E-state index in [1.165, 1.54) is 24.9 Å². The molecule has 21 heavy (non-hydrogen) atoms. The van der Waals surface area contributed by atoms with Gasteiger partial charge in [0.25, 0.3) is 0 Å². The molecule has 0 bridgehead atoms. The molecular weight excluding hydrogens is 260 g/mol. The van der Waals surface area contributed by atoms with Crippen molar-refractivity contribution in [1.29, 1.82) is 5.26 Å². The first kappa shape index (κ1) is 14.4. The van der Waals surface area contributed by atoms with Crippen LogP contribution in [0.1, 0.15) is 24.0 Å². The first-order valence-corrected chi connectivity index (χ1v) is 7.95. The monoisotopic (exact) mass is 284 g/mol. The Morgan fingerprint density at radius 3 is 2.62 bits per heavy atom. The van der Waals surface area contributed by atoms with E-state index in [0.717, 1.165) is 49.9 Å². The van der Waals surface area contributed by atoms with Gasteiger partial charge in [0.2, 0.25) is 0 Å². The molecule has 1 heterocycles. The zero-order chi connectivity index (χ0) is 14.7. The second-order valence-electron chi connectivity index (χ2n) is 6.22. The minimum absolute atomic E-state index is 0.804. The molecule has 112 valence electrons. The minimum atomic E-state index is 0.804. The van der Waals surface area contributed by atoms with Gasteiger partial charge < -0.3 is 10.2 Å². The topological polar surface area (TPSA) is 42.3 Å². The van der Waals surface area contributed by atoms with E-state index in [1.54, 1.807) is 0 Å². The Hall–Kier alpha value is -1.57. The summed E-state index contributed by atoms with van der Waals surface area (Å²) in [5, 5.41) is 12.5. The van der Waals surface area contributed by atoms with E-state index in [-0.39, 0.29) is 0 Å². The molecular formula is C17H24N4. The van der Waals surface area contributed by atoms with Crippen molar-refractivity contribution in [1.82, 2.24) is 10.2 Å². The summed E-state index contributed by atoms with van der Waals surface area (Å²) in [5.74, 6) is 0.965. The average molecular weight is 284 g/mol. The van der Waals surface area contributed by atoms with Crippen molar-refractivity contribution in [3.05, 3.63) is 29.3 Å². The van der Waals surface area contributed by atoms with Gasteiger partial charge in [0, 0.05) is 39.3 Å². The van der Waals surface area contributed by atoms with Gasteiger partial charge in [0.15, 0.2) is 0 Å². The van der Waals surface area contributed by atoms with Gasteiger partial charge in [0.05, 0.1) is 11.3 Å². The molecule has 1 N–H and O–H groups in total. The molecule has 0 unspecified atom stereocenters. The van der Waals surface area contributed by atoms with Crippen LogP contribution in [0.25, 0.3) is 0 Å². The van der Waals surface area contributed by atoms with Gasteiger partial charge in [-0.05, 0) is 43.5 Å². The summed E-state index contributed by atoms with van der Waals surface area (Å²) in [6.07, 6.45) is 2.84. The first-order chi connectivity index (χ1) is 10.3. The number of rotatable bonds is 5. The summed E-state index contributed by atoms with van der Waals surface area (Å²) in [7, 11) is 1.93. The lowest BCUT2D eigenvalue weighted by Gasteiger charge is -2.36. The lowest BCUT2D eigenvalue weighted by Crippen LogP contribution is -2.47. The third-order valence-electron chi connectivity index (χ3n) is 4.49. The fraction of sp³-hybridized carbons (Fsp3) is 0.588. The Balaban J connectivity index is 1.65. The molecule has 1 aliphatic carbocycles. The van der Waals surface area contributed by atoms with Crippen molar-refractivity contribution in [3.8, 4) is 6.07 Å². The molecule has 1 saturated carbocycles. The van der Waals surface area contributed by atoms with Crippen LogP contribution < -0.4 is 10.2 Å².